The van der Waals surface area contributed by atoms with Crippen LogP contribution in [0.15, 0.2) is 28.7 Å². The summed E-state index contributed by atoms with van der Waals surface area (Å²) < 4.78 is 1.10. The van der Waals surface area contributed by atoms with Crippen LogP contribution in [0.2, 0.25) is 0 Å². The van der Waals surface area contributed by atoms with Crippen LogP contribution < -0.4 is 5.32 Å². The maximum absolute atomic E-state index is 11.5. The van der Waals surface area contributed by atoms with Gasteiger partial charge >= 0.3 is 0 Å². The van der Waals surface area contributed by atoms with Crippen molar-refractivity contribution in [1.29, 1.82) is 0 Å². The zero-order chi connectivity index (χ0) is 13.0. The molecule has 0 aromatic heterocycles. The molecule has 1 heterocycles. The maximum atomic E-state index is 11.5. The van der Waals surface area contributed by atoms with Crippen molar-refractivity contribution in [1.82, 2.24) is 10.2 Å². The number of nitrogens with one attached hydrogen (secondary N) is 1. The van der Waals surface area contributed by atoms with Crippen LogP contribution in [0.3, 0.4) is 0 Å². The molecule has 1 aromatic carbocycles. The molecule has 1 unspecified atom stereocenters. The number of hydrogen-bond acceptors (Lipinski definition) is 2. The highest BCUT2D eigenvalue weighted by molar-refractivity contribution is 9.10. The summed E-state index contributed by atoms with van der Waals surface area (Å²) >= 11 is 3.43. The quantitative estimate of drug-likeness (QED) is 0.906. The van der Waals surface area contributed by atoms with Crippen molar-refractivity contribution in [2.75, 3.05) is 13.1 Å². The zero-order valence-corrected chi connectivity index (χ0v) is 12.2. The Morgan fingerprint density at radius 3 is 2.72 bits per heavy atom. The van der Waals surface area contributed by atoms with Crippen LogP contribution in [0.5, 0.6) is 0 Å². The van der Waals surface area contributed by atoms with E-state index in [1.807, 2.05) is 17.0 Å². The second-order valence-electron chi connectivity index (χ2n) is 4.85. The van der Waals surface area contributed by atoms with E-state index in [1.165, 1.54) is 5.56 Å². The first-order valence-electron chi connectivity index (χ1n) is 6.41. The Labute approximate surface area is 117 Å². The predicted molar refractivity (Wildman–Crippen MR) is 76.3 cm³/mol. The molecule has 0 spiro atoms. The van der Waals surface area contributed by atoms with Gasteiger partial charge in [-0.05, 0) is 31.0 Å². The molecule has 1 aromatic rings. The summed E-state index contributed by atoms with van der Waals surface area (Å²) in [6, 6.07) is 8.63. The Bertz CT molecular complexity index is 405. The monoisotopic (exact) mass is 310 g/mol. The van der Waals surface area contributed by atoms with Crippen LogP contribution >= 0.6 is 15.9 Å². The van der Waals surface area contributed by atoms with Gasteiger partial charge in [-0.1, -0.05) is 28.1 Å². The molecule has 1 N–H and O–H groups in total. The Hall–Kier alpha value is -0.870. The molecule has 0 radical (unpaired) electrons. The first-order chi connectivity index (χ1) is 8.65. The number of carbonyl (C=O) groups is 1. The second kappa shape index (κ2) is 6.34. The molecular formula is C14H19BrN2O. The first-order valence-corrected chi connectivity index (χ1v) is 7.20. The van der Waals surface area contributed by atoms with Gasteiger partial charge in [0.1, 0.15) is 0 Å². The van der Waals surface area contributed by atoms with Crippen LogP contribution in [-0.2, 0) is 11.3 Å². The lowest BCUT2D eigenvalue weighted by Gasteiger charge is -2.21. The van der Waals surface area contributed by atoms with Gasteiger partial charge in [0.25, 0.3) is 0 Å². The van der Waals surface area contributed by atoms with Gasteiger partial charge in [0.2, 0.25) is 5.91 Å². The molecule has 0 bridgehead atoms. The van der Waals surface area contributed by atoms with Crippen molar-refractivity contribution >= 4 is 21.8 Å². The van der Waals surface area contributed by atoms with E-state index in [-0.39, 0.29) is 0 Å². The number of carbonyl (C=O) groups excluding carboxylic acids is 1. The van der Waals surface area contributed by atoms with Crippen LogP contribution in [-0.4, -0.2) is 29.9 Å². The van der Waals surface area contributed by atoms with Crippen LogP contribution in [0, 0.1) is 0 Å². The molecule has 4 heteroatoms. The summed E-state index contributed by atoms with van der Waals surface area (Å²) in [5.41, 5.74) is 1.26. The summed E-state index contributed by atoms with van der Waals surface area (Å²) in [5.74, 6) is 0.298. The average Bonchev–Trinajstić information content (AvgIpc) is 2.74. The van der Waals surface area contributed by atoms with Gasteiger partial charge in [-0.15, -0.1) is 0 Å². The zero-order valence-electron chi connectivity index (χ0n) is 10.7. The van der Waals surface area contributed by atoms with Gasteiger partial charge in [-0.25, -0.2) is 0 Å². The highest BCUT2D eigenvalue weighted by Gasteiger charge is 2.21. The molecule has 1 amide bonds. The molecule has 1 fully saturated rings. The van der Waals surface area contributed by atoms with E-state index >= 15 is 0 Å². The van der Waals surface area contributed by atoms with Gasteiger partial charge < -0.3 is 10.2 Å². The minimum atomic E-state index is 0.298. The van der Waals surface area contributed by atoms with Crippen LogP contribution in [0.1, 0.15) is 25.3 Å². The highest BCUT2D eigenvalue weighted by atomic mass is 79.9. The van der Waals surface area contributed by atoms with Crippen molar-refractivity contribution in [3.63, 3.8) is 0 Å². The molecule has 1 saturated heterocycles. The van der Waals surface area contributed by atoms with Crippen molar-refractivity contribution in [2.45, 2.75) is 32.4 Å². The Kier molecular flexibility index (Phi) is 4.78. The molecule has 1 aliphatic rings. The second-order valence-corrected chi connectivity index (χ2v) is 5.77. The Balaban J connectivity index is 1.76. The number of amides is 1. The number of hydrogen-bond donors (Lipinski definition) is 1. The number of halogens is 1. The molecule has 1 atom stereocenters. The van der Waals surface area contributed by atoms with E-state index in [1.54, 1.807) is 0 Å². The lowest BCUT2D eigenvalue weighted by molar-refractivity contribution is -0.127. The third kappa shape index (κ3) is 3.82. The molecule has 18 heavy (non-hydrogen) atoms. The summed E-state index contributed by atoms with van der Waals surface area (Å²) in [7, 11) is 0. The van der Waals surface area contributed by atoms with E-state index in [0.29, 0.717) is 11.9 Å². The van der Waals surface area contributed by atoms with Crippen LogP contribution in [0.25, 0.3) is 0 Å². The first kappa shape index (κ1) is 13.6. The lowest BCUT2D eigenvalue weighted by atomic mass is 10.2. The molecule has 0 aliphatic carbocycles. The molecule has 1 aliphatic heterocycles. The van der Waals surface area contributed by atoms with Gasteiger partial charge in [0, 0.05) is 36.6 Å². The largest absolute Gasteiger partial charge is 0.341 e. The van der Waals surface area contributed by atoms with E-state index < -0.39 is 0 Å². The molecule has 0 saturated carbocycles. The lowest BCUT2D eigenvalue weighted by Crippen LogP contribution is -2.39. The van der Waals surface area contributed by atoms with E-state index in [4.69, 9.17) is 0 Å². The third-order valence-electron chi connectivity index (χ3n) is 3.23. The van der Waals surface area contributed by atoms with Crippen molar-refractivity contribution < 1.29 is 4.79 Å². The molecule has 3 nitrogen and oxygen atoms in total. The Morgan fingerprint density at radius 2 is 2.11 bits per heavy atom. The molecule has 2 rings (SSSR count). The SMILES string of the molecule is CC(CN1CCCC1=O)NCc1ccc(Br)cc1. The normalized spacial score (nSPS) is 17.2. The van der Waals surface area contributed by atoms with Gasteiger partial charge in [0.15, 0.2) is 0 Å². The summed E-state index contributed by atoms with van der Waals surface area (Å²) in [6.45, 7) is 4.71. The number of nitrogens with zero attached hydrogens (tertiary/aromatic N) is 1. The molecule has 98 valence electrons. The fourth-order valence-electron chi connectivity index (χ4n) is 2.19. The van der Waals surface area contributed by atoms with Crippen molar-refractivity contribution in [3.8, 4) is 0 Å². The minimum absolute atomic E-state index is 0.298. The van der Waals surface area contributed by atoms with Crippen molar-refractivity contribution in [3.05, 3.63) is 34.3 Å². The summed E-state index contributed by atoms with van der Waals surface area (Å²) in [5, 5.41) is 3.46. The smallest absolute Gasteiger partial charge is 0.222 e. The molecular weight excluding hydrogens is 292 g/mol. The standard InChI is InChI=1S/C14H19BrN2O/c1-11(10-17-8-2-3-14(17)18)16-9-12-4-6-13(15)7-5-12/h4-7,11,16H,2-3,8-10H2,1H3. The minimum Gasteiger partial charge on any atom is -0.341 e. The average molecular weight is 311 g/mol. The van der Waals surface area contributed by atoms with Gasteiger partial charge in [-0.3, -0.25) is 4.79 Å². The fraction of sp³-hybridized carbons (Fsp3) is 0.500. The van der Waals surface area contributed by atoms with Crippen molar-refractivity contribution in [2.24, 2.45) is 0 Å². The third-order valence-corrected chi connectivity index (χ3v) is 3.76. The Morgan fingerprint density at radius 1 is 1.39 bits per heavy atom. The number of benzene rings is 1. The van der Waals surface area contributed by atoms with E-state index in [0.717, 1.165) is 36.9 Å². The summed E-state index contributed by atoms with van der Waals surface area (Å²) in [6.07, 6.45) is 1.73. The fourth-order valence-corrected chi connectivity index (χ4v) is 2.45. The predicted octanol–water partition coefficient (Wildman–Crippen LogP) is 2.55. The summed E-state index contributed by atoms with van der Waals surface area (Å²) in [4.78, 5) is 13.5. The number of rotatable bonds is 5. The van der Waals surface area contributed by atoms with Crippen LogP contribution in [0.4, 0.5) is 0 Å². The van der Waals surface area contributed by atoms with E-state index in [9.17, 15) is 4.79 Å². The topological polar surface area (TPSA) is 32.3 Å². The highest BCUT2D eigenvalue weighted by Crippen LogP contribution is 2.11. The van der Waals surface area contributed by atoms with Gasteiger partial charge in [-0.2, -0.15) is 0 Å². The van der Waals surface area contributed by atoms with Gasteiger partial charge in [0.05, 0.1) is 0 Å². The van der Waals surface area contributed by atoms with E-state index in [2.05, 4.69) is 40.3 Å². The maximum Gasteiger partial charge on any atom is 0.222 e. The number of likely N-dealkylation sites (tertiary alicyclic amines) is 1.